The minimum atomic E-state index is 0.478. The van der Waals surface area contributed by atoms with Crippen LogP contribution < -0.4 is 5.73 Å². The topological polar surface area (TPSA) is 80.5 Å². The van der Waals surface area contributed by atoms with Crippen LogP contribution in [0.15, 0.2) is 48.9 Å². The lowest BCUT2D eigenvalue weighted by atomic mass is 10.1. The summed E-state index contributed by atoms with van der Waals surface area (Å²) in [7, 11) is 0. The quantitative estimate of drug-likeness (QED) is 0.552. The Morgan fingerprint density at radius 2 is 1.90 bits per heavy atom. The van der Waals surface area contributed by atoms with Gasteiger partial charge in [-0.05, 0) is 18.2 Å². The molecule has 3 N–H and O–H groups in total. The van der Waals surface area contributed by atoms with Gasteiger partial charge in [0.1, 0.15) is 17.8 Å². The number of nitrogens with one attached hydrogen (secondary N) is 1. The zero-order chi connectivity index (χ0) is 13.5. The summed E-state index contributed by atoms with van der Waals surface area (Å²) < 4.78 is 0. The summed E-state index contributed by atoms with van der Waals surface area (Å²) in [5, 5.41) is 1.93. The Morgan fingerprint density at radius 1 is 1.00 bits per heavy atom. The number of aromatic nitrogens is 4. The molecule has 3 heterocycles. The van der Waals surface area contributed by atoms with Crippen molar-refractivity contribution in [3.63, 3.8) is 0 Å². The van der Waals surface area contributed by atoms with Gasteiger partial charge in [0.15, 0.2) is 0 Å². The molecule has 1 aromatic carbocycles. The molecular weight excluding hydrogens is 250 g/mol. The number of hydrogen-bond donors (Lipinski definition) is 2. The lowest BCUT2D eigenvalue weighted by molar-refractivity contribution is 1.21. The highest BCUT2D eigenvalue weighted by molar-refractivity contribution is 5.91. The molecule has 0 radical (unpaired) electrons. The molecule has 96 valence electrons. The standard InChI is InChI=1S/C15H11N5/c16-14-11-6-13(20-15(11)19-8-18-14)10-5-9-3-1-2-4-12(9)17-7-10/h1-8H,(H3,16,18,19,20). The van der Waals surface area contributed by atoms with Crippen LogP contribution in [0.4, 0.5) is 5.82 Å². The molecule has 5 nitrogen and oxygen atoms in total. The average Bonchev–Trinajstić information content (AvgIpc) is 2.92. The third-order valence-corrected chi connectivity index (χ3v) is 3.36. The van der Waals surface area contributed by atoms with E-state index < -0.39 is 0 Å². The van der Waals surface area contributed by atoms with Gasteiger partial charge in [-0.3, -0.25) is 4.98 Å². The second-order valence-electron chi connectivity index (χ2n) is 4.62. The predicted molar refractivity (Wildman–Crippen MR) is 79.0 cm³/mol. The van der Waals surface area contributed by atoms with Crippen molar-refractivity contribution in [2.24, 2.45) is 0 Å². The fourth-order valence-electron chi connectivity index (χ4n) is 2.33. The van der Waals surface area contributed by atoms with Gasteiger partial charge < -0.3 is 10.7 Å². The van der Waals surface area contributed by atoms with Crippen LogP contribution in [0.2, 0.25) is 0 Å². The van der Waals surface area contributed by atoms with Gasteiger partial charge >= 0.3 is 0 Å². The summed E-state index contributed by atoms with van der Waals surface area (Å²) in [5.74, 6) is 0.478. The van der Waals surface area contributed by atoms with Crippen LogP contribution in [0.1, 0.15) is 0 Å². The number of H-pyrrole nitrogens is 1. The highest BCUT2D eigenvalue weighted by Gasteiger charge is 2.08. The smallest absolute Gasteiger partial charge is 0.143 e. The molecule has 0 saturated carbocycles. The van der Waals surface area contributed by atoms with E-state index in [0.29, 0.717) is 5.82 Å². The molecule has 0 saturated heterocycles. The minimum absolute atomic E-state index is 0.478. The maximum absolute atomic E-state index is 5.85. The summed E-state index contributed by atoms with van der Waals surface area (Å²) in [5.41, 5.74) is 9.50. The molecule has 4 aromatic rings. The Balaban J connectivity index is 1.94. The van der Waals surface area contributed by atoms with Crippen LogP contribution in [-0.4, -0.2) is 19.9 Å². The summed E-state index contributed by atoms with van der Waals surface area (Å²) >= 11 is 0. The van der Waals surface area contributed by atoms with Gasteiger partial charge in [0.05, 0.1) is 10.9 Å². The van der Waals surface area contributed by atoms with Crippen molar-refractivity contribution in [3.05, 3.63) is 48.9 Å². The molecule has 0 spiro atoms. The number of benzene rings is 1. The second-order valence-corrected chi connectivity index (χ2v) is 4.62. The highest BCUT2D eigenvalue weighted by Crippen LogP contribution is 2.26. The Morgan fingerprint density at radius 3 is 2.80 bits per heavy atom. The van der Waals surface area contributed by atoms with E-state index in [9.17, 15) is 0 Å². The van der Waals surface area contributed by atoms with Crippen molar-refractivity contribution >= 4 is 27.8 Å². The van der Waals surface area contributed by atoms with Gasteiger partial charge in [-0.15, -0.1) is 0 Å². The monoisotopic (exact) mass is 261 g/mol. The first-order valence-electron chi connectivity index (χ1n) is 6.25. The molecule has 0 fully saturated rings. The van der Waals surface area contributed by atoms with Gasteiger partial charge in [-0.1, -0.05) is 18.2 Å². The van der Waals surface area contributed by atoms with Crippen molar-refractivity contribution < 1.29 is 0 Å². The minimum Gasteiger partial charge on any atom is -0.383 e. The molecule has 0 aliphatic carbocycles. The number of rotatable bonds is 1. The summed E-state index contributed by atoms with van der Waals surface area (Å²) in [6.45, 7) is 0. The van der Waals surface area contributed by atoms with Gasteiger partial charge in [-0.2, -0.15) is 0 Å². The Kier molecular flexibility index (Phi) is 2.20. The maximum Gasteiger partial charge on any atom is 0.143 e. The molecule has 0 unspecified atom stereocenters. The van der Waals surface area contributed by atoms with E-state index in [0.717, 1.165) is 33.2 Å². The molecular formula is C15H11N5. The van der Waals surface area contributed by atoms with Gasteiger partial charge in [0, 0.05) is 22.8 Å². The van der Waals surface area contributed by atoms with Gasteiger partial charge in [0.2, 0.25) is 0 Å². The third-order valence-electron chi connectivity index (χ3n) is 3.36. The van der Waals surface area contributed by atoms with Crippen LogP contribution >= 0.6 is 0 Å². The first-order chi connectivity index (χ1) is 9.81. The SMILES string of the molecule is Nc1ncnc2[nH]c(-c3cnc4ccccc4c3)cc12. The van der Waals surface area contributed by atoms with Crippen LogP contribution in [-0.2, 0) is 0 Å². The molecule has 0 aliphatic heterocycles. The number of pyridine rings is 1. The second kappa shape index (κ2) is 4.03. The van der Waals surface area contributed by atoms with Crippen molar-refractivity contribution in [2.75, 3.05) is 5.73 Å². The summed E-state index contributed by atoms with van der Waals surface area (Å²) in [6.07, 6.45) is 3.30. The summed E-state index contributed by atoms with van der Waals surface area (Å²) in [6, 6.07) is 12.1. The van der Waals surface area contributed by atoms with Crippen LogP contribution in [0, 0.1) is 0 Å². The zero-order valence-electron chi connectivity index (χ0n) is 10.5. The van der Waals surface area contributed by atoms with E-state index in [1.165, 1.54) is 6.33 Å². The van der Waals surface area contributed by atoms with Crippen molar-refractivity contribution in [1.29, 1.82) is 0 Å². The van der Waals surface area contributed by atoms with E-state index in [2.05, 4.69) is 26.0 Å². The van der Waals surface area contributed by atoms with Crippen molar-refractivity contribution in [2.45, 2.75) is 0 Å². The predicted octanol–water partition coefficient (Wildman–Crippen LogP) is 2.76. The highest BCUT2D eigenvalue weighted by atomic mass is 15.0. The number of nitrogen functional groups attached to an aromatic ring is 1. The molecule has 0 atom stereocenters. The number of para-hydroxylation sites is 1. The van der Waals surface area contributed by atoms with E-state index in [1.54, 1.807) is 0 Å². The first kappa shape index (κ1) is 10.9. The number of nitrogens with zero attached hydrogens (tertiary/aromatic N) is 3. The maximum atomic E-state index is 5.85. The Labute approximate surface area is 114 Å². The first-order valence-corrected chi connectivity index (χ1v) is 6.25. The fraction of sp³-hybridized carbons (Fsp3) is 0. The Bertz CT molecular complexity index is 926. The molecule has 0 bridgehead atoms. The molecule has 20 heavy (non-hydrogen) atoms. The molecule has 3 aromatic heterocycles. The van der Waals surface area contributed by atoms with E-state index in [-0.39, 0.29) is 0 Å². The number of aromatic amines is 1. The van der Waals surface area contributed by atoms with Crippen LogP contribution in [0.25, 0.3) is 33.2 Å². The number of hydrogen-bond acceptors (Lipinski definition) is 4. The van der Waals surface area contributed by atoms with Crippen LogP contribution in [0.3, 0.4) is 0 Å². The van der Waals surface area contributed by atoms with E-state index in [4.69, 9.17) is 5.73 Å². The number of nitrogens with two attached hydrogens (primary N) is 1. The molecule has 4 rings (SSSR count). The molecule has 5 heteroatoms. The lowest BCUT2D eigenvalue weighted by Gasteiger charge is -2.00. The molecule has 0 aliphatic rings. The van der Waals surface area contributed by atoms with Crippen molar-refractivity contribution in [1.82, 2.24) is 19.9 Å². The van der Waals surface area contributed by atoms with Gasteiger partial charge in [-0.25, -0.2) is 9.97 Å². The Hall–Kier alpha value is -2.95. The van der Waals surface area contributed by atoms with E-state index >= 15 is 0 Å². The summed E-state index contributed by atoms with van der Waals surface area (Å²) in [4.78, 5) is 15.9. The largest absolute Gasteiger partial charge is 0.383 e. The average molecular weight is 261 g/mol. The normalized spacial score (nSPS) is 11.2. The number of fused-ring (bicyclic) bond motifs is 2. The number of anilines is 1. The van der Waals surface area contributed by atoms with E-state index in [1.807, 2.05) is 36.5 Å². The van der Waals surface area contributed by atoms with Gasteiger partial charge in [0.25, 0.3) is 0 Å². The molecule has 0 amide bonds. The van der Waals surface area contributed by atoms with Crippen molar-refractivity contribution in [3.8, 4) is 11.3 Å². The lowest BCUT2D eigenvalue weighted by Crippen LogP contribution is -1.90. The fourth-order valence-corrected chi connectivity index (χ4v) is 2.33. The third kappa shape index (κ3) is 1.60. The zero-order valence-corrected chi connectivity index (χ0v) is 10.5. The van der Waals surface area contributed by atoms with Crippen LogP contribution in [0.5, 0.6) is 0 Å².